The van der Waals surface area contributed by atoms with E-state index in [2.05, 4.69) is 25.6 Å². The van der Waals surface area contributed by atoms with Gasteiger partial charge in [0, 0.05) is 29.9 Å². The highest BCUT2D eigenvalue weighted by Gasteiger charge is 2.17. The summed E-state index contributed by atoms with van der Waals surface area (Å²) < 4.78 is 7.64. The van der Waals surface area contributed by atoms with Crippen LogP contribution in [0.2, 0.25) is 0 Å². The van der Waals surface area contributed by atoms with Crippen molar-refractivity contribution in [3.63, 3.8) is 0 Å². The van der Waals surface area contributed by atoms with E-state index in [4.69, 9.17) is 4.74 Å². The number of anilines is 1. The molecule has 4 aromatic rings. The highest BCUT2D eigenvalue weighted by atomic mass is 16.5. The van der Waals surface area contributed by atoms with Crippen LogP contribution in [0.15, 0.2) is 55.2 Å². The standard InChI is InChI=1S/C22H20N6O2/c1-14-8-16(11-24-10-14)27-22(29)28-7-5-15-9-17(2-3-20(15)28)30-21-18-4-6-23-12-19(18)25-13-26-21/h2-3,5,7-11,13,23H,4,6,12H2,1H3,(H,27,29). The number of ether oxygens (including phenoxy) is 1. The maximum Gasteiger partial charge on any atom is 0.330 e. The van der Waals surface area contributed by atoms with E-state index < -0.39 is 0 Å². The fourth-order valence-corrected chi connectivity index (χ4v) is 3.62. The molecule has 0 atom stereocenters. The van der Waals surface area contributed by atoms with Crippen molar-refractivity contribution < 1.29 is 9.53 Å². The van der Waals surface area contributed by atoms with Crippen molar-refractivity contribution in [2.75, 3.05) is 11.9 Å². The van der Waals surface area contributed by atoms with Gasteiger partial charge in [-0.2, -0.15) is 0 Å². The third kappa shape index (κ3) is 3.48. The molecule has 1 aliphatic heterocycles. The van der Waals surface area contributed by atoms with E-state index in [-0.39, 0.29) is 6.03 Å². The lowest BCUT2D eigenvalue weighted by molar-refractivity contribution is 0.254. The van der Waals surface area contributed by atoms with Gasteiger partial charge in [0.25, 0.3) is 0 Å². The number of carbonyl (C=O) groups excluding carboxylic acids is 1. The molecule has 8 nitrogen and oxygen atoms in total. The topological polar surface area (TPSA) is 94.0 Å². The molecule has 2 N–H and O–H groups in total. The minimum atomic E-state index is -0.247. The van der Waals surface area contributed by atoms with Gasteiger partial charge in [-0.3, -0.25) is 9.55 Å². The first kappa shape index (κ1) is 18.3. The second-order valence-electron chi connectivity index (χ2n) is 7.22. The summed E-state index contributed by atoms with van der Waals surface area (Å²) in [6.45, 7) is 3.53. The Hall–Kier alpha value is -3.78. The summed E-state index contributed by atoms with van der Waals surface area (Å²) in [5, 5.41) is 7.07. The third-order valence-electron chi connectivity index (χ3n) is 5.06. The molecule has 30 heavy (non-hydrogen) atoms. The van der Waals surface area contributed by atoms with Crippen molar-refractivity contribution in [3.05, 3.63) is 72.1 Å². The molecule has 1 aromatic carbocycles. The van der Waals surface area contributed by atoms with E-state index in [1.165, 1.54) is 6.33 Å². The zero-order chi connectivity index (χ0) is 20.5. The number of amides is 1. The van der Waals surface area contributed by atoms with Gasteiger partial charge in [0.1, 0.15) is 12.1 Å². The van der Waals surface area contributed by atoms with Crippen LogP contribution in [0, 0.1) is 6.92 Å². The van der Waals surface area contributed by atoms with Crippen molar-refractivity contribution in [2.45, 2.75) is 19.9 Å². The van der Waals surface area contributed by atoms with Gasteiger partial charge >= 0.3 is 6.03 Å². The van der Waals surface area contributed by atoms with Crippen LogP contribution in [0.4, 0.5) is 10.5 Å². The first-order valence-electron chi connectivity index (χ1n) is 9.73. The first-order chi connectivity index (χ1) is 14.7. The van der Waals surface area contributed by atoms with Crippen LogP contribution in [0.5, 0.6) is 11.6 Å². The largest absolute Gasteiger partial charge is 0.439 e. The Morgan fingerprint density at radius 3 is 3.03 bits per heavy atom. The monoisotopic (exact) mass is 400 g/mol. The zero-order valence-corrected chi connectivity index (χ0v) is 16.4. The van der Waals surface area contributed by atoms with Crippen LogP contribution in [0.3, 0.4) is 0 Å². The number of carbonyl (C=O) groups is 1. The van der Waals surface area contributed by atoms with Crippen molar-refractivity contribution in [3.8, 4) is 11.6 Å². The number of hydrogen-bond acceptors (Lipinski definition) is 6. The number of benzene rings is 1. The van der Waals surface area contributed by atoms with Crippen LogP contribution in [0.25, 0.3) is 10.9 Å². The van der Waals surface area contributed by atoms with Crippen LogP contribution in [-0.4, -0.2) is 32.1 Å². The van der Waals surface area contributed by atoms with Crippen molar-refractivity contribution in [1.82, 2.24) is 24.8 Å². The smallest absolute Gasteiger partial charge is 0.330 e. The third-order valence-corrected chi connectivity index (χ3v) is 5.06. The average molecular weight is 400 g/mol. The molecule has 0 bridgehead atoms. The second-order valence-corrected chi connectivity index (χ2v) is 7.22. The number of hydrogen-bond donors (Lipinski definition) is 2. The van der Waals surface area contributed by atoms with Gasteiger partial charge in [-0.25, -0.2) is 14.8 Å². The summed E-state index contributed by atoms with van der Waals surface area (Å²) in [5.41, 5.74) is 4.44. The molecule has 0 fully saturated rings. The van der Waals surface area contributed by atoms with E-state index in [0.29, 0.717) is 17.3 Å². The Labute approximate surface area is 172 Å². The normalized spacial score (nSPS) is 13.1. The van der Waals surface area contributed by atoms with E-state index in [1.54, 1.807) is 23.2 Å². The number of aryl methyl sites for hydroxylation is 1. The van der Waals surface area contributed by atoms with E-state index in [1.807, 2.05) is 37.3 Å². The van der Waals surface area contributed by atoms with Gasteiger partial charge < -0.3 is 15.4 Å². The summed E-state index contributed by atoms with van der Waals surface area (Å²) >= 11 is 0. The van der Waals surface area contributed by atoms with Crippen molar-refractivity contribution >= 4 is 22.6 Å². The van der Waals surface area contributed by atoms with Crippen LogP contribution in [0.1, 0.15) is 16.8 Å². The minimum Gasteiger partial charge on any atom is -0.439 e. The lowest BCUT2D eigenvalue weighted by atomic mass is 10.1. The highest BCUT2D eigenvalue weighted by Crippen LogP contribution is 2.29. The average Bonchev–Trinajstić information content (AvgIpc) is 3.17. The number of nitrogens with zero attached hydrogens (tertiary/aromatic N) is 4. The summed E-state index contributed by atoms with van der Waals surface area (Å²) in [7, 11) is 0. The summed E-state index contributed by atoms with van der Waals surface area (Å²) in [4.78, 5) is 25.5. The molecule has 0 unspecified atom stereocenters. The number of aromatic nitrogens is 4. The summed E-state index contributed by atoms with van der Waals surface area (Å²) in [6, 6.07) is 9.13. The summed E-state index contributed by atoms with van der Waals surface area (Å²) in [6.07, 6.45) is 7.47. The Morgan fingerprint density at radius 2 is 2.13 bits per heavy atom. The predicted molar refractivity (Wildman–Crippen MR) is 113 cm³/mol. The molecule has 5 rings (SSSR count). The van der Waals surface area contributed by atoms with Gasteiger partial charge in [0.2, 0.25) is 5.88 Å². The zero-order valence-electron chi connectivity index (χ0n) is 16.4. The Morgan fingerprint density at radius 1 is 1.20 bits per heavy atom. The quantitative estimate of drug-likeness (QED) is 0.545. The Bertz CT molecular complexity index is 1250. The molecule has 1 amide bonds. The molecular formula is C22H20N6O2. The Balaban J connectivity index is 1.40. The number of fused-ring (bicyclic) bond motifs is 2. The molecule has 0 radical (unpaired) electrons. The van der Waals surface area contributed by atoms with E-state index in [0.717, 1.165) is 47.2 Å². The molecule has 3 aromatic heterocycles. The molecule has 1 aliphatic rings. The summed E-state index contributed by atoms with van der Waals surface area (Å²) in [5.74, 6) is 1.26. The lowest BCUT2D eigenvalue weighted by Gasteiger charge is -2.18. The Kier molecular flexibility index (Phi) is 4.61. The molecule has 0 saturated carbocycles. The molecule has 8 heteroatoms. The van der Waals surface area contributed by atoms with Gasteiger partial charge in [-0.1, -0.05) is 0 Å². The first-order valence-corrected chi connectivity index (χ1v) is 9.73. The molecule has 0 spiro atoms. The molecule has 0 aliphatic carbocycles. The maximum atomic E-state index is 12.7. The molecule has 0 saturated heterocycles. The SMILES string of the molecule is Cc1cncc(NC(=O)n2ccc3cc(Oc4ncnc5c4CCNC5)ccc32)c1. The number of pyridine rings is 1. The molecule has 150 valence electrons. The van der Waals surface area contributed by atoms with Gasteiger partial charge in [0.15, 0.2) is 0 Å². The minimum absolute atomic E-state index is 0.247. The van der Waals surface area contributed by atoms with Crippen LogP contribution < -0.4 is 15.4 Å². The second kappa shape index (κ2) is 7.57. The molecular weight excluding hydrogens is 380 g/mol. The van der Waals surface area contributed by atoms with E-state index in [9.17, 15) is 4.79 Å². The van der Waals surface area contributed by atoms with Crippen LogP contribution >= 0.6 is 0 Å². The van der Waals surface area contributed by atoms with Crippen molar-refractivity contribution in [1.29, 1.82) is 0 Å². The predicted octanol–water partition coefficient (Wildman–Crippen LogP) is 3.65. The van der Waals surface area contributed by atoms with Crippen LogP contribution in [-0.2, 0) is 13.0 Å². The fraction of sp³-hybridized carbons (Fsp3) is 0.182. The van der Waals surface area contributed by atoms with Crippen molar-refractivity contribution in [2.24, 2.45) is 0 Å². The molecule has 4 heterocycles. The maximum absolute atomic E-state index is 12.7. The fourth-order valence-electron chi connectivity index (χ4n) is 3.62. The highest BCUT2D eigenvalue weighted by molar-refractivity contribution is 5.98. The van der Waals surface area contributed by atoms with E-state index >= 15 is 0 Å². The number of nitrogens with one attached hydrogen (secondary N) is 2. The number of rotatable bonds is 3. The van der Waals surface area contributed by atoms with Gasteiger partial charge in [0.05, 0.1) is 23.1 Å². The van der Waals surface area contributed by atoms with Gasteiger partial charge in [-0.15, -0.1) is 0 Å². The lowest BCUT2D eigenvalue weighted by Crippen LogP contribution is -2.25. The van der Waals surface area contributed by atoms with Gasteiger partial charge in [-0.05, 0) is 55.8 Å².